The number of hydrogen-bond acceptors (Lipinski definition) is 4. The Labute approximate surface area is 159 Å². The van der Waals surface area contributed by atoms with Crippen molar-refractivity contribution in [2.45, 2.75) is 13.8 Å². The molecule has 6 nitrogen and oxygen atoms in total. The van der Waals surface area contributed by atoms with Gasteiger partial charge in [0.1, 0.15) is 18.1 Å². The van der Waals surface area contributed by atoms with Gasteiger partial charge in [0.25, 0.3) is 5.91 Å². The van der Waals surface area contributed by atoms with Gasteiger partial charge in [0, 0.05) is 19.7 Å². The van der Waals surface area contributed by atoms with E-state index in [0.29, 0.717) is 24.7 Å². The highest BCUT2D eigenvalue weighted by Gasteiger charge is 2.12. The maximum atomic E-state index is 12.6. The molecule has 0 aliphatic carbocycles. The molecule has 0 unspecified atom stereocenters. The van der Waals surface area contributed by atoms with Crippen molar-refractivity contribution >= 4 is 23.6 Å². The highest BCUT2D eigenvalue weighted by Crippen LogP contribution is 2.17. The Morgan fingerprint density at radius 1 is 1.04 bits per heavy atom. The minimum Gasteiger partial charge on any atom is -0.491 e. The van der Waals surface area contributed by atoms with Crippen molar-refractivity contribution in [3.8, 4) is 5.75 Å². The number of hydrogen-bond donors (Lipinski definition) is 2. The fraction of sp³-hybridized carbons (Fsp3) is 0.238. The molecule has 0 aromatic heterocycles. The number of rotatable bonds is 8. The molecule has 27 heavy (non-hydrogen) atoms. The monoisotopic (exact) mass is 368 g/mol. The predicted molar refractivity (Wildman–Crippen MR) is 105 cm³/mol. The second-order valence-electron chi connectivity index (χ2n) is 5.92. The molecule has 0 saturated heterocycles. The van der Waals surface area contributed by atoms with Crippen LogP contribution in [0.1, 0.15) is 18.1 Å². The van der Waals surface area contributed by atoms with Crippen LogP contribution in [0.15, 0.2) is 54.2 Å². The van der Waals surface area contributed by atoms with E-state index in [1.807, 2.05) is 31.2 Å². The molecule has 2 aromatic rings. The molecule has 2 N–H and O–H groups in total. The maximum Gasteiger partial charge on any atom is 0.272 e. The number of anilines is 1. The molecule has 6 heteroatoms. The van der Waals surface area contributed by atoms with Gasteiger partial charge >= 0.3 is 0 Å². The Morgan fingerprint density at radius 2 is 1.74 bits per heavy atom. The lowest BCUT2D eigenvalue weighted by atomic mass is 10.1. The van der Waals surface area contributed by atoms with E-state index in [0.717, 1.165) is 11.1 Å². The smallest absolute Gasteiger partial charge is 0.272 e. The molecule has 2 aromatic carbocycles. The molecular formula is C21H24N2O4. The zero-order valence-corrected chi connectivity index (χ0v) is 15.7. The average Bonchev–Trinajstić information content (AvgIpc) is 2.64. The van der Waals surface area contributed by atoms with Crippen molar-refractivity contribution in [2.75, 3.05) is 25.6 Å². The van der Waals surface area contributed by atoms with Gasteiger partial charge in [0.05, 0.1) is 6.61 Å². The lowest BCUT2D eigenvalue weighted by Gasteiger charge is -2.11. The predicted octanol–water partition coefficient (Wildman–Crippen LogP) is 3.14. The van der Waals surface area contributed by atoms with E-state index in [2.05, 4.69) is 10.6 Å². The van der Waals surface area contributed by atoms with E-state index in [9.17, 15) is 9.59 Å². The molecule has 0 fully saturated rings. The lowest BCUT2D eigenvalue weighted by molar-refractivity contribution is -0.120. The largest absolute Gasteiger partial charge is 0.491 e. The number of carbonyl (C=O) groups excluding carboxylic acids is 2. The summed E-state index contributed by atoms with van der Waals surface area (Å²) in [7, 11) is 1.61. The van der Waals surface area contributed by atoms with Crippen molar-refractivity contribution in [3.05, 3.63) is 65.4 Å². The highest BCUT2D eigenvalue weighted by molar-refractivity contribution is 6.08. The first-order valence-electron chi connectivity index (χ1n) is 8.57. The molecule has 2 amide bonds. The van der Waals surface area contributed by atoms with Crippen LogP contribution < -0.4 is 15.4 Å². The standard InChI is InChI=1S/C21H24N2O4/c1-15-6-4-5-7-17(15)14-20(22-16(2)24)21(25)23-18-8-10-19(11-9-18)27-13-12-26-3/h4-11,14H,12-13H2,1-3H3,(H,22,24)(H,23,25)/b20-14-. The fourth-order valence-electron chi connectivity index (χ4n) is 2.33. The zero-order chi connectivity index (χ0) is 19.6. The Kier molecular flexibility index (Phi) is 7.58. The number of carbonyl (C=O) groups is 2. The molecule has 0 spiro atoms. The average molecular weight is 368 g/mol. The number of ether oxygens (including phenoxy) is 2. The van der Waals surface area contributed by atoms with Crippen LogP contribution in [0.2, 0.25) is 0 Å². The summed E-state index contributed by atoms with van der Waals surface area (Å²) in [4.78, 5) is 24.1. The summed E-state index contributed by atoms with van der Waals surface area (Å²) in [6.07, 6.45) is 1.66. The second kappa shape index (κ2) is 10.1. The Hall–Kier alpha value is -3.12. The summed E-state index contributed by atoms with van der Waals surface area (Å²) in [6.45, 7) is 4.26. The third kappa shape index (κ3) is 6.60. The van der Waals surface area contributed by atoms with E-state index in [-0.39, 0.29) is 11.6 Å². The molecule has 0 radical (unpaired) electrons. The SMILES string of the molecule is COCCOc1ccc(NC(=O)/C(=C/c2ccccc2C)NC(C)=O)cc1. The summed E-state index contributed by atoms with van der Waals surface area (Å²) in [6, 6.07) is 14.6. The third-order valence-corrected chi connectivity index (χ3v) is 3.71. The van der Waals surface area contributed by atoms with Crippen LogP contribution in [0, 0.1) is 6.92 Å². The van der Waals surface area contributed by atoms with E-state index >= 15 is 0 Å². The highest BCUT2D eigenvalue weighted by atomic mass is 16.5. The summed E-state index contributed by atoms with van der Waals surface area (Å²) in [5.41, 5.74) is 2.64. The van der Waals surface area contributed by atoms with Crippen molar-refractivity contribution in [2.24, 2.45) is 0 Å². The van der Waals surface area contributed by atoms with Crippen LogP contribution in [0.4, 0.5) is 5.69 Å². The topological polar surface area (TPSA) is 76.7 Å². The fourth-order valence-corrected chi connectivity index (χ4v) is 2.33. The number of nitrogens with one attached hydrogen (secondary N) is 2. The van der Waals surface area contributed by atoms with Gasteiger partial charge in [-0.15, -0.1) is 0 Å². The van der Waals surface area contributed by atoms with E-state index < -0.39 is 5.91 Å². The first kappa shape index (κ1) is 20.2. The quantitative estimate of drug-likeness (QED) is 0.554. The summed E-state index contributed by atoms with van der Waals surface area (Å²) < 4.78 is 10.4. The molecule has 0 bridgehead atoms. The van der Waals surface area contributed by atoms with E-state index in [1.165, 1.54) is 6.92 Å². The molecule has 142 valence electrons. The molecule has 0 saturated carbocycles. The van der Waals surface area contributed by atoms with Crippen molar-refractivity contribution in [3.63, 3.8) is 0 Å². The van der Waals surface area contributed by atoms with Crippen molar-refractivity contribution in [1.82, 2.24) is 5.32 Å². The minimum atomic E-state index is -0.401. The Bertz CT molecular complexity index is 813. The van der Waals surface area contributed by atoms with Crippen LogP contribution in [-0.2, 0) is 14.3 Å². The number of methoxy groups -OCH3 is 1. The number of aryl methyl sites for hydroxylation is 1. The van der Waals surface area contributed by atoms with Crippen molar-refractivity contribution < 1.29 is 19.1 Å². The van der Waals surface area contributed by atoms with Gasteiger partial charge in [-0.05, 0) is 48.4 Å². The Balaban J connectivity index is 2.12. The van der Waals surface area contributed by atoms with Crippen LogP contribution in [0.3, 0.4) is 0 Å². The van der Waals surface area contributed by atoms with Crippen molar-refractivity contribution in [1.29, 1.82) is 0 Å². The van der Waals surface area contributed by atoms with Gasteiger partial charge in [0.2, 0.25) is 5.91 Å². The van der Waals surface area contributed by atoms with Crippen LogP contribution in [0.25, 0.3) is 6.08 Å². The number of benzene rings is 2. The summed E-state index contributed by atoms with van der Waals surface area (Å²) in [5.74, 6) is -0.0315. The normalized spacial score (nSPS) is 11.0. The summed E-state index contributed by atoms with van der Waals surface area (Å²) in [5, 5.41) is 5.37. The number of amides is 2. The molecule has 0 atom stereocenters. The van der Waals surface area contributed by atoms with Gasteiger partial charge in [-0.2, -0.15) is 0 Å². The Morgan fingerprint density at radius 3 is 2.37 bits per heavy atom. The lowest BCUT2D eigenvalue weighted by Crippen LogP contribution is -2.29. The minimum absolute atomic E-state index is 0.178. The first-order chi connectivity index (χ1) is 13.0. The molecular weight excluding hydrogens is 344 g/mol. The van der Waals surface area contributed by atoms with Crippen LogP contribution in [-0.4, -0.2) is 32.1 Å². The molecule has 2 rings (SSSR count). The van der Waals surface area contributed by atoms with Gasteiger partial charge in [-0.25, -0.2) is 0 Å². The molecule has 0 aliphatic rings. The first-order valence-corrected chi connectivity index (χ1v) is 8.57. The van der Waals surface area contributed by atoms with E-state index in [1.54, 1.807) is 37.5 Å². The van der Waals surface area contributed by atoms with E-state index in [4.69, 9.17) is 9.47 Å². The molecule has 0 heterocycles. The third-order valence-electron chi connectivity index (χ3n) is 3.71. The van der Waals surface area contributed by atoms with Gasteiger partial charge in [-0.1, -0.05) is 24.3 Å². The molecule has 0 aliphatic heterocycles. The van der Waals surface area contributed by atoms with Crippen LogP contribution in [0.5, 0.6) is 5.75 Å². The second-order valence-corrected chi connectivity index (χ2v) is 5.92. The van der Waals surface area contributed by atoms with Gasteiger partial charge in [-0.3, -0.25) is 9.59 Å². The zero-order valence-electron chi connectivity index (χ0n) is 15.7. The maximum absolute atomic E-state index is 12.6. The van der Waals surface area contributed by atoms with Gasteiger partial charge < -0.3 is 20.1 Å². The van der Waals surface area contributed by atoms with Gasteiger partial charge in [0.15, 0.2) is 0 Å². The van der Waals surface area contributed by atoms with Crippen LogP contribution >= 0.6 is 0 Å². The summed E-state index contributed by atoms with van der Waals surface area (Å²) >= 11 is 0.